The number of halogens is 1. The molecule has 0 spiro atoms. The second-order valence-electron chi connectivity index (χ2n) is 6.80. The monoisotopic (exact) mass is 418 g/mol. The minimum Gasteiger partial charge on any atom is -0.480 e. The zero-order valence-corrected chi connectivity index (χ0v) is 16.9. The third-order valence-electron chi connectivity index (χ3n) is 4.83. The number of nitrogens with zero attached hydrogens (tertiary/aromatic N) is 4. The Hall–Kier alpha value is -4.27. The van der Waals surface area contributed by atoms with E-state index >= 15 is 0 Å². The Morgan fingerprint density at radius 3 is 2.84 bits per heavy atom. The van der Waals surface area contributed by atoms with Gasteiger partial charge >= 0.3 is 0 Å². The summed E-state index contributed by atoms with van der Waals surface area (Å²) in [6, 6.07) is 8.25. The maximum absolute atomic E-state index is 14.5. The van der Waals surface area contributed by atoms with Gasteiger partial charge in [-0.1, -0.05) is 12.6 Å². The third-order valence-corrected chi connectivity index (χ3v) is 4.83. The molecular weight excluding hydrogens is 399 g/mol. The summed E-state index contributed by atoms with van der Waals surface area (Å²) in [5, 5.41) is 3.51. The highest BCUT2D eigenvalue weighted by Gasteiger charge is 2.16. The van der Waals surface area contributed by atoms with E-state index in [-0.39, 0.29) is 23.2 Å². The number of pyridine rings is 1. The number of aromatic nitrogens is 4. The molecule has 1 amide bonds. The van der Waals surface area contributed by atoms with E-state index < -0.39 is 5.91 Å². The van der Waals surface area contributed by atoms with Crippen molar-refractivity contribution in [1.82, 2.24) is 19.5 Å². The van der Waals surface area contributed by atoms with Crippen molar-refractivity contribution in [1.29, 1.82) is 0 Å². The number of rotatable bonds is 6. The summed E-state index contributed by atoms with van der Waals surface area (Å²) in [4.78, 5) is 24.4. The number of nitrogens with two attached hydrogens (primary N) is 1. The molecule has 1 aromatic carbocycles. The number of methoxy groups -OCH3 is 1. The first-order valence-electron chi connectivity index (χ1n) is 9.26. The minimum absolute atomic E-state index is 0.110. The van der Waals surface area contributed by atoms with Crippen LogP contribution in [-0.4, -0.2) is 32.5 Å². The first kappa shape index (κ1) is 20.0. The molecule has 0 aliphatic heterocycles. The third kappa shape index (κ3) is 3.68. The highest BCUT2D eigenvalue weighted by molar-refractivity contribution is 6.18. The summed E-state index contributed by atoms with van der Waals surface area (Å²) in [5.74, 6) is -0.474. The molecule has 8 nitrogen and oxygen atoms in total. The van der Waals surface area contributed by atoms with Crippen molar-refractivity contribution >= 4 is 34.0 Å². The lowest BCUT2D eigenvalue weighted by Crippen LogP contribution is -2.12. The highest BCUT2D eigenvalue weighted by atomic mass is 19.1. The quantitative estimate of drug-likeness (QED) is 0.465. The number of hydrogen-bond acceptors (Lipinski definition) is 6. The van der Waals surface area contributed by atoms with Gasteiger partial charge in [-0.15, -0.1) is 0 Å². The predicted octanol–water partition coefficient (Wildman–Crippen LogP) is 3.42. The van der Waals surface area contributed by atoms with Gasteiger partial charge in [-0.3, -0.25) is 4.79 Å². The molecule has 3 N–H and O–H groups in total. The molecule has 0 radical (unpaired) electrons. The van der Waals surface area contributed by atoms with Gasteiger partial charge in [0.1, 0.15) is 11.5 Å². The Bertz CT molecular complexity index is 1330. The SMILES string of the molecule is C=C(C(N)=O)c1cnc(OC)c(Nc2nccc(-c3cn(C)c4cccc(F)c34)n2)c1. The van der Waals surface area contributed by atoms with Crippen LogP contribution in [0.3, 0.4) is 0 Å². The van der Waals surface area contributed by atoms with Crippen molar-refractivity contribution in [2.24, 2.45) is 12.8 Å². The lowest BCUT2D eigenvalue weighted by atomic mass is 10.1. The summed E-state index contributed by atoms with van der Waals surface area (Å²) < 4.78 is 21.7. The fraction of sp³-hybridized carbons (Fsp3) is 0.0909. The molecule has 3 heterocycles. The topological polar surface area (TPSA) is 108 Å². The van der Waals surface area contributed by atoms with Crippen LogP contribution in [0, 0.1) is 5.82 Å². The predicted molar refractivity (Wildman–Crippen MR) is 116 cm³/mol. The molecule has 0 aliphatic carbocycles. The van der Waals surface area contributed by atoms with E-state index in [0.29, 0.717) is 27.9 Å². The molecule has 3 aromatic heterocycles. The second-order valence-corrected chi connectivity index (χ2v) is 6.80. The lowest BCUT2D eigenvalue weighted by molar-refractivity contribution is -0.112. The molecule has 156 valence electrons. The van der Waals surface area contributed by atoms with E-state index in [1.165, 1.54) is 19.4 Å². The van der Waals surface area contributed by atoms with Crippen LogP contribution in [0.2, 0.25) is 0 Å². The van der Waals surface area contributed by atoms with Gasteiger partial charge < -0.3 is 20.4 Å². The van der Waals surface area contributed by atoms with Crippen LogP contribution in [0.4, 0.5) is 16.0 Å². The average molecular weight is 418 g/mol. The van der Waals surface area contributed by atoms with Gasteiger partial charge in [0.05, 0.1) is 18.3 Å². The Balaban J connectivity index is 1.75. The molecule has 0 fully saturated rings. The number of anilines is 2. The highest BCUT2D eigenvalue weighted by Crippen LogP contribution is 2.32. The smallest absolute Gasteiger partial charge is 0.248 e. The molecule has 0 aliphatic rings. The Morgan fingerprint density at radius 1 is 1.29 bits per heavy atom. The zero-order chi connectivity index (χ0) is 22.1. The first-order chi connectivity index (χ1) is 14.9. The molecule has 0 saturated heterocycles. The number of ether oxygens (including phenoxy) is 1. The fourth-order valence-corrected chi connectivity index (χ4v) is 3.30. The summed E-state index contributed by atoms with van der Waals surface area (Å²) >= 11 is 0. The molecule has 4 rings (SSSR count). The van der Waals surface area contributed by atoms with Crippen LogP contribution in [0.5, 0.6) is 5.88 Å². The van der Waals surface area contributed by atoms with Crippen LogP contribution < -0.4 is 15.8 Å². The maximum atomic E-state index is 14.5. The fourth-order valence-electron chi connectivity index (χ4n) is 3.30. The number of benzene rings is 1. The molecule has 4 aromatic rings. The summed E-state index contributed by atoms with van der Waals surface area (Å²) in [7, 11) is 3.31. The van der Waals surface area contributed by atoms with Gasteiger partial charge in [-0.25, -0.2) is 19.3 Å². The van der Waals surface area contributed by atoms with Crippen LogP contribution >= 0.6 is 0 Å². The normalized spacial score (nSPS) is 10.8. The van der Waals surface area contributed by atoms with Gasteiger partial charge in [0.15, 0.2) is 0 Å². The summed E-state index contributed by atoms with van der Waals surface area (Å²) in [6.07, 6.45) is 4.82. The molecule has 9 heteroatoms. The largest absolute Gasteiger partial charge is 0.480 e. The van der Waals surface area contributed by atoms with Crippen LogP contribution in [0.1, 0.15) is 5.56 Å². The standard InChI is InChI=1S/C22H19FN6O2/c1-12(20(24)30)13-9-17(21(31-3)26-10-13)28-22-25-8-7-16(27-22)14-11-29(2)18-6-4-5-15(23)19(14)18/h4-11H,1H2,2-3H3,(H2,24,30)(H,25,27,28). The van der Waals surface area contributed by atoms with Crippen molar-refractivity contribution in [3.63, 3.8) is 0 Å². The van der Waals surface area contributed by atoms with E-state index in [1.54, 1.807) is 24.4 Å². The van der Waals surface area contributed by atoms with Crippen LogP contribution in [0.25, 0.3) is 27.7 Å². The van der Waals surface area contributed by atoms with Crippen LogP contribution in [-0.2, 0) is 11.8 Å². The summed E-state index contributed by atoms with van der Waals surface area (Å²) in [5.41, 5.74) is 8.21. The van der Waals surface area contributed by atoms with Crippen molar-refractivity contribution in [3.05, 3.63) is 66.9 Å². The van der Waals surface area contributed by atoms with Gasteiger partial charge in [-0.05, 0) is 24.3 Å². The number of fused-ring (bicyclic) bond motifs is 1. The average Bonchev–Trinajstić information content (AvgIpc) is 3.11. The van der Waals surface area contributed by atoms with Gasteiger partial charge in [-0.2, -0.15) is 0 Å². The van der Waals surface area contributed by atoms with Gasteiger partial charge in [0.2, 0.25) is 17.7 Å². The first-order valence-corrected chi connectivity index (χ1v) is 9.26. The second kappa shape index (κ2) is 7.86. The van der Waals surface area contributed by atoms with Crippen molar-refractivity contribution < 1.29 is 13.9 Å². The minimum atomic E-state index is -0.658. The zero-order valence-electron chi connectivity index (χ0n) is 16.9. The number of carbonyl (C=O) groups excluding carboxylic acids is 1. The molecule has 0 unspecified atom stereocenters. The van der Waals surface area contributed by atoms with E-state index in [4.69, 9.17) is 10.5 Å². The van der Waals surface area contributed by atoms with Gasteiger partial charge in [0, 0.05) is 47.7 Å². The number of amides is 1. The van der Waals surface area contributed by atoms with E-state index in [0.717, 1.165) is 5.52 Å². The molecule has 0 atom stereocenters. The van der Waals surface area contributed by atoms with Crippen LogP contribution in [0.15, 0.2) is 55.5 Å². The Kier molecular flexibility index (Phi) is 5.08. The van der Waals surface area contributed by atoms with E-state index in [9.17, 15) is 9.18 Å². The number of aryl methyl sites for hydroxylation is 1. The number of hydrogen-bond donors (Lipinski definition) is 2. The number of primary amides is 1. The Labute approximate surface area is 177 Å². The number of carbonyl (C=O) groups is 1. The van der Waals surface area contributed by atoms with E-state index in [1.807, 2.05) is 23.9 Å². The molecular formula is C22H19FN6O2. The van der Waals surface area contributed by atoms with Crippen molar-refractivity contribution in [3.8, 4) is 17.1 Å². The summed E-state index contributed by atoms with van der Waals surface area (Å²) in [6.45, 7) is 3.67. The van der Waals surface area contributed by atoms with Crippen molar-refractivity contribution in [2.75, 3.05) is 12.4 Å². The van der Waals surface area contributed by atoms with Crippen molar-refractivity contribution in [2.45, 2.75) is 0 Å². The molecule has 0 saturated carbocycles. The Morgan fingerprint density at radius 2 is 2.10 bits per heavy atom. The van der Waals surface area contributed by atoms with E-state index in [2.05, 4.69) is 26.8 Å². The van der Waals surface area contributed by atoms with Gasteiger partial charge in [0.25, 0.3) is 0 Å². The lowest BCUT2D eigenvalue weighted by Gasteiger charge is -2.11. The molecule has 31 heavy (non-hydrogen) atoms. The molecule has 0 bridgehead atoms. The maximum Gasteiger partial charge on any atom is 0.248 e. The number of nitrogens with one attached hydrogen (secondary N) is 1.